The van der Waals surface area contributed by atoms with Gasteiger partial charge in [-0.2, -0.15) is 0 Å². The molecule has 2 heterocycles. The molecule has 2 aromatic heterocycles. The molecule has 4 aliphatic rings. The molecule has 0 aliphatic heterocycles. The van der Waals surface area contributed by atoms with Crippen molar-refractivity contribution in [2.75, 3.05) is 5.73 Å². The fraction of sp³-hybridized carbons (Fsp3) is 0.696. The molecule has 4 saturated carbocycles. The van der Waals surface area contributed by atoms with Crippen LogP contribution < -0.4 is 5.73 Å². The van der Waals surface area contributed by atoms with Gasteiger partial charge in [0.25, 0.3) is 0 Å². The molecule has 29 heavy (non-hydrogen) atoms. The molecule has 4 aliphatic carbocycles. The quantitative estimate of drug-likeness (QED) is 0.599. The molecule has 0 unspecified atom stereocenters. The van der Waals surface area contributed by atoms with Crippen LogP contribution in [0, 0.1) is 35.5 Å². The fourth-order valence-corrected chi connectivity index (χ4v) is 6.16. The van der Waals surface area contributed by atoms with Gasteiger partial charge >= 0.3 is 0 Å². The van der Waals surface area contributed by atoms with E-state index in [0.717, 1.165) is 56.1 Å². The minimum Gasteiger partial charge on any atom is -0.382 e. The van der Waals surface area contributed by atoms with Gasteiger partial charge in [0, 0.05) is 6.54 Å². The van der Waals surface area contributed by atoms with Gasteiger partial charge < -0.3 is 15.4 Å². The van der Waals surface area contributed by atoms with Crippen molar-refractivity contribution < 1.29 is 5.11 Å². The highest BCUT2D eigenvalue weighted by Gasteiger charge is 2.55. The Balaban J connectivity index is 1.41. The SMILES string of the molecule is CCCCCCn1cnc2c(N)nc(C#CC3(O)C4CC5CC(C4)CC3C5)nc21. The van der Waals surface area contributed by atoms with Crippen molar-refractivity contribution in [3.63, 3.8) is 0 Å². The van der Waals surface area contributed by atoms with Crippen molar-refractivity contribution in [1.29, 1.82) is 0 Å². The van der Waals surface area contributed by atoms with Gasteiger partial charge in [0.1, 0.15) is 11.1 Å². The Hall–Kier alpha value is -2.13. The van der Waals surface area contributed by atoms with Crippen LogP contribution >= 0.6 is 0 Å². The maximum Gasteiger partial charge on any atom is 0.209 e. The first-order valence-corrected chi connectivity index (χ1v) is 11.3. The number of hydrogen-bond donors (Lipinski definition) is 2. The van der Waals surface area contributed by atoms with Crippen LogP contribution in [0.3, 0.4) is 0 Å². The van der Waals surface area contributed by atoms with E-state index in [1.807, 2.05) is 4.57 Å². The molecule has 3 N–H and O–H groups in total. The van der Waals surface area contributed by atoms with Crippen LogP contribution in [0.5, 0.6) is 0 Å². The molecule has 6 heteroatoms. The number of nitrogen functional groups attached to an aromatic ring is 1. The summed E-state index contributed by atoms with van der Waals surface area (Å²) in [5, 5.41) is 11.4. The van der Waals surface area contributed by atoms with Gasteiger partial charge in [-0.05, 0) is 68.1 Å². The van der Waals surface area contributed by atoms with E-state index in [-0.39, 0.29) is 0 Å². The highest BCUT2D eigenvalue weighted by molar-refractivity contribution is 5.81. The van der Waals surface area contributed by atoms with E-state index in [1.165, 1.54) is 25.7 Å². The third-order valence-electron chi connectivity index (χ3n) is 7.50. The van der Waals surface area contributed by atoms with Crippen molar-refractivity contribution in [3.05, 3.63) is 12.2 Å². The van der Waals surface area contributed by atoms with Crippen molar-refractivity contribution in [1.82, 2.24) is 19.5 Å². The summed E-state index contributed by atoms with van der Waals surface area (Å²) in [4.78, 5) is 13.4. The van der Waals surface area contributed by atoms with Crippen molar-refractivity contribution in [3.8, 4) is 11.8 Å². The first kappa shape index (κ1) is 18.9. The molecule has 4 fully saturated rings. The number of anilines is 1. The largest absolute Gasteiger partial charge is 0.382 e. The van der Waals surface area contributed by atoms with Crippen LogP contribution in [-0.4, -0.2) is 30.2 Å². The molecule has 6 rings (SSSR count). The van der Waals surface area contributed by atoms with Gasteiger partial charge in [0.05, 0.1) is 6.33 Å². The summed E-state index contributed by atoms with van der Waals surface area (Å²) in [7, 11) is 0. The molecule has 0 spiro atoms. The van der Waals surface area contributed by atoms with E-state index in [2.05, 4.69) is 33.7 Å². The van der Waals surface area contributed by atoms with Gasteiger partial charge in [-0.15, -0.1) is 0 Å². The average Bonchev–Trinajstić information content (AvgIpc) is 3.11. The topological polar surface area (TPSA) is 89.9 Å². The summed E-state index contributed by atoms with van der Waals surface area (Å²) in [5.74, 6) is 9.27. The van der Waals surface area contributed by atoms with Gasteiger partial charge in [-0.1, -0.05) is 32.1 Å². The second-order valence-electron chi connectivity index (χ2n) is 9.48. The van der Waals surface area contributed by atoms with Crippen molar-refractivity contribution >= 4 is 17.0 Å². The number of aromatic nitrogens is 4. The van der Waals surface area contributed by atoms with Gasteiger partial charge in [-0.3, -0.25) is 0 Å². The Morgan fingerprint density at radius 2 is 1.83 bits per heavy atom. The molecule has 0 saturated heterocycles. The Kier molecular flexibility index (Phi) is 4.74. The lowest BCUT2D eigenvalue weighted by Crippen LogP contribution is -2.56. The van der Waals surface area contributed by atoms with Crippen LogP contribution in [0.2, 0.25) is 0 Å². The maximum absolute atomic E-state index is 11.4. The van der Waals surface area contributed by atoms with Crippen LogP contribution in [0.25, 0.3) is 11.2 Å². The monoisotopic (exact) mass is 393 g/mol. The predicted molar refractivity (Wildman–Crippen MR) is 113 cm³/mol. The Labute approximate surface area is 172 Å². The standard InChI is InChI=1S/C23H31N5O/c1-2-3-4-5-8-28-14-25-20-21(24)26-19(27-22(20)28)6-7-23(29)17-10-15-9-16(12-17)13-18(23)11-15/h14-18,29H,2-5,8-13H2,1H3,(H2,24,26,27). The summed E-state index contributed by atoms with van der Waals surface area (Å²) in [6.45, 7) is 3.08. The predicted octanol–water partition coefficient (Wildman–Crippen LogP) is 3.53. The Bertz CT molecular complexity index is 941. The van der Waals surface area contributed by atoms with Gasteiger partial charge in [0.15, 0.2) is 11.5 Å². The number of nitrogens with two attached hydrogens (primary N) is 1. The number of aryl methyl sites for hydroxylation is 1. The number of hydrogen-bond acceptors (Lipinski definition) is 5. The second kappa shape index (κ2) is 7.28. The zero-order chi connectivity index (χ0) is 20.0. The molecular weight excluding hydrogens is 362 g/mol. The molecule has 0 amide bonds. The number of nitrogens with zero attached hydrogens (tertiary/aromatic N) is 4. The lowest BCUT2D eigenvalue weighted by atomic mass is 9.50. The van der Waals surface area contributed by atoms with Gasteiger partial charge in [-0.25, -0.2) is 15.0 Å². The lowest BCUT2D eigenvalue weighted by Gasteiger charge is -2.56. The third-order valence-corrected chi connectivity index (χ3v) is 7.50. The minimum absolute atomic E-state index is 0.302. The molecule has 154 valence electrons. The number of rotatable bonds is 5. The summed E-state index contributed by atoms with van der Waals surface area (Å²) in [6.07, 6.45) is 12.4. The summed E-state index contributed by atoms with van der Waals surface area (Å²) in [5.41, 5.74) is 6.64. The first-order chi connectivity index (χ1) is 14.1. The summed E-state index contributed by atoms with van der Waals surface area (Å²) < 4.78 is 2.05. The van der Waals surface area contributed by atoms with Crippen LogP contribution in [0.15, 0.2) is 6.33 Å². The Morgan fingerprint density at radius 1 is 1.10 bits per heavy atom. The third kappa shape index (κ3) is 3.30. The molecule has 6 nitrogen and oxygen atoms in total. The molecule has 4 bridgehead atoms. The fourth-order valence-electron chi connectivity index (χ4n) is 6.16. The second-order valence-corrected chi connectivity index (χ2v) is 9.48. The van der Waals surface area contributed by atoms with E-state index in [1.54, 1.807) is 6.33 Å². The smallest absolute Gasteiger partial charge is 0.209 e. The van der Waals surface area contributed by atoms with Crippen LogP contribution in [0.4, 0.5) is 5.82 Å². The van der Waals surface area contributed by atoms with E-state index >= 15 is 0 Å². The van der Waals surface area contributed by atoms with E-state index in [4.69, 9.17) is 5.73 Å². The lowest BCUT2D eigenvalue weighted by molar-refractivity contribution is -0.136. The molecular formula is C23H31N5O. The maximum atomic E-state index is 11.4. The Morgan fingerprint density at radius 3 is 2.52 bits per heavy atom. The van der Waals surface area contributed by atoms with Crippen molar-refractivity contribution in [2.24, 2.45) is 23.7 Å². The van der Waals surface area contributed by atoms with Crippen molar-refractivity contribution in [2.45, 2.75) is 76.9 Å². The number of imidazole rings is 1. The van der Waals surface area contributed by atoms with Crippen LogP contribution in [0.1, 0.15) is 70.5 Å². The molecule has 0 radical (unpaired) electrons. The number of aliphatic hydroxyl groups is 1. The number of fused-ring (bicyclic) bond motifs is 1. The molecule has 0 atom stereocenters. The summed E-state index contributed by atoms with van der Waals surface area (Å²) in [6, 6.07) is 0. The van der Waals surface area contributed by atoms with Gasteiger partial charge in [0.2, 0.25) is 5.82 Å². The molecule has 0 aromatic carbocycles. The number of unbranched alkanes of at least 4 members (excludes halogenated alkanes) is 3. The zero-order valence-electron chi connectivity index (χ0n) is 17.3. The molecule has 2 aromatic rings. The average molecular weight is 394 g/mol. The summed E-state index contributed by atoms with van der Waals surface area (Å²) >= 11 is 0. The highest BCUT2D eigenvalue weighted by atomic mass is 16.3. The normalized spacial score (nSPS) is 32.5. The first-order valence-electron chi connectivity index (χ1n) is 11.3. The van der Waals surface area contributed by atoms with E-state index in [0.29, 0.717) is 29.0 Å². The van der Waals surface area contributed by atoms with Crippen LogP contribution in [-0.2, 0) is 6.54 Å². The van der Waals surface area contributed by atoms with E-state index < -0.39 is 5.60 Å². The zero-order valence-corrected chi connectivity index (χ0v) is 17.3. The minimum atomic E-state index is -0.888. The van der Waals surface area contributed by atoms with E-state index in [9.17, 15) is 5.11 Å². The highest BCUT2D eigenvalue weighted by Crippen LogP contribution is 2.58.